The zero-order chi connectivity index (χ0) is 18.4. The molecule has 1 aromatic carbocycles. The number of rotatable bonds is 8. The van der Waals surface area contributed by atoms with Crippen LogP contribution < -0.4 is 0 Å². The molecule has 0 aliphatic carbocycles. The summed E-state index contributed by atoms with van der Waals surface area (Å²) in [7, 11) is 1.97. The third-order valence-electron chi connectivity index (χ3n) is 4.30. The van der Waals surface area contributed by atoms with Crippen molar-refractivity contribution in [2.45, 2.75) is 26.8 Å². The summed E-state index contributed by atoms with van der Waals surface area (Å²) < 4.78 is 1.72. The quantitative estimate of drug-likeness (QED) is 0.693. The lowest BCUT2D eigenvalue weighted by Gasteiger charge is -2.28. The van der Waals surface area contributed by atoms with E-state index in [2.05, 4.69) is 40.6 Å². The van der Waals surface area contributed by atoms with Crippen molar-refractivity contribution in [1.29, 1.82) is 0 Å². The van der Waals surface area contributed by atoms with Crippen LogP contribution in [-0.4, -0.2) is 57.2 Å². The average Bonchev–Trinajstić information content (AvgIpc) is 3.13. The Balaban J connectivity index is 2.00. The zero-order valence-electron chi connectivity index (χ0n) is 15.5. The van der Waals surface area contributed by atoms with Crippen LogP contribution in [0.3, 0.4) is 0 Å². The van der Waals surface area contributed by atoms with Crippen molar-refractivity contribution in [3.63, 3.8) is 0 Å². The molecule has 2 rings (SSSR count). The van der Waals surface area contributed by atoms with Crippen LogP contribution in [0.25, 0.3) is 5.69 Å². The third-order valence-corrected chi connectivity index (χ3v) is 4.30. The molecule has 1 amide bonds. The van der Waals surface area contributed by atoms with E-state index in [1.165, 1.54) is 6.33 Å². The highest BCUT2D eigenvalue weighted by Crippen LogP contribution is 2.20. The lowest BCUT2D eigenvalue weighted by Crippen LogP contribution is -2.40. The van der Waals surface area contributed by atoms with Crippen molar-refractivity contribution in [2.75, 3.05) is 26.7 Å². The fourth-order valence-corrected chi connectivity index (χ4v) is 2.65. The van der Waals surface area contributed by atoms with Gasteiger partial charge in [0.15, 0.2) is 0 Å². The van der Waals surface area contributed by atoms with Gasteiger partial charge in [-0.25, -0.2) is 9.67 Å². The molecule has 25 heavy (non-hydrogen) atoms. The predicted molar refractivity (Wildman–Crippen MR) is 99.5 cm³/mol. The number of hydrogen-bond donors (Lipinski definition) is 0. The molecular formula is C19H27N5O. The second-order valence-corrected chi connectivity index (χ2v) is 6.39. The lowest BCUT2D eigenvalue weighted by atomic mass is 10.1. The van der Waals surface area contributed by atoms with Crippen LogP contribution in [0.1, 0.15) is 32.4 Å². The van der Waals surface area contributed by atoms with E-state index in [-0.39, 0.29) is 11.9 Å². The highest BCUT2D eigenvalue weighted by atomic mass is 16.2. The van der Waals surface area contributed by atoms with Crippen LogP contribution >= 0.6 is 0 Å². The molecule has 6 heteroatoms. The van der Waals surface area contributed by atoms with Gasteiger partial charge in [0.1, 0.15) is 12.7 Å². The van der Waals surface area contributed by atoms with Crippen molar-refractivity contribution >= 4 is 5.91 Å². The maximum absolute atomic E-state index is 12.5. The van der Waals surface area contributed by atoms with Gasteiger partial charge in [0.25, 0.3) is 0 Å². The van der Waals surface area contributed by atoms with Gasteiger partial charge >= 0.3 is 0 Å². The van der Waals surface area contributed by atoms with Crippen LogP contribution in [0.2, 0.25) is 0 Å². The highest BCUT2D eigenvalue weighted by molar-refractivity contribution is 5.78. The first-order valence-electron chi connectivity index (χ1n) is 8.49. The van der Waals surface area contributed by atoms with Gasteiger partial charge in [0.2, 0.25) is 5.91 Å². The summed E-state index contributed by atoms with van der Waals surface area (Å²) >= 11 is 0. The monoisotopic (exact) mass is 341 g/mol. The Morgan fingerprint density at radius 1 is 1.28 bits per heavy atom. The number of carbonyl (C=O) groups is 1. The minimum absolute atomic E-state index is 0.124. The SMILES string of the molecule is C=C(C)CN(CC)C(=O)CN(C)C(C)c1ccc(-n2cncn2)cc1. The van der Waals surface area contributed by atoms with Gasteiger partial charge in [-0.05, 0) is 45.5 Å². The normalized spacial score (nSPS) is 12.2. The Hall–Kier alpha value is -2.47. The molecule has 0 bridgehead atoms. The zero-order valence-corrected chi connectivity index (χ0v) is 15.5. The van der Waals surface area contributed by atoms with E-state index in [0.717, 1.165) is 16.8 Å². The van der Waals surface area contributed by atoms with Gasteiger partial charge in [-0.2, -0.15) is 5.10 Å². The van der Waals surface area contributed by atoms with Crippen LogP contribution in [0, 0.1) is 0 Å². The summed E-state index contributed by atoms with van der Waals surface area (Å²) in [6.07, 6.45) is 3.19. The Kier molecular flexibility index (Phi) is 6.47. The number of aromatic nitrogens is 3. The molecular weight excluding hydrogens is 314 g/mol. The Labute approximate surface area is 149 Å². The largest absolute Gasteiger partial charge is 0.338 e. The summed E-state index contributed by atoms with van der Waals surface area (Å²) in [5.74, 6) is 0.124. The van der Waals surface area contributed by atoms with Crippen LogP contribution in [0.4, 0.5) is 0 Å². The van der Waals surface area contributed by atoms with Crippen molar-refractivity contribution in [3.05, 3.63) is 54.6 Å². The Morgan fingerprint density at radius 2 is 1.96 bits per heavy atom. The van der Waals surface area contributed by atoms with Crippen molar-refractivity contribution in [2.24, 2.45) is 0 Å². The third kappa shape index (κ3) is 5.00. The van der Waals surface area contributed by atoms with Gasteiger partial charge in [-0.1, -0.05) is 24.3 Å². The summed E-state index contributed by atoms with van der Waals surface area (Å²) in [5, 5.41) is 4.13. The molecule has 1 heterocycles. The first-order valence-corrected chi connectivity index (χ1v) is 8.49. The van der Waals surface area contributed by atoms with Crippen LogP contribution in [0.5, 0.6) is 0 Å². The van der Waals surface area contributed by atoms with Gasteiger partial charge in [-0.3, -0.25) is 9.69 Å². The number of nitrogens with zero attached hydrogens (tertiary/aromatic N) is 5. The number of likely N-dealkylation sites (N-methyl/N-ethyl adjacent to an activating group) is 2. The second-order valence-electron chi connectivity index (χ2n) is 6.39. The van der Waals surface area contributed by atoms with Gasteiger partial charge in [-0.15, -0.1) is 0 Å². The van der Waals surface area contributed by atoms with Crippen molar-refractivity contribution in [1.82, 2.24) is 24.6 Å². The number of amides is 1. The van der Waals surface area contributed by atoms with Gasteiger partial charge < -0.3 is 4.90 Å². The van der Waals surface area contributed by atoms with Crippen molar-refractivity contribution < 1.29 is 4.79 Å². The van der Waals surface area contributed by atoms with E-state index >= 15 is 0 Å². The molecule has 1 unspecified atom stereocenters. The van der Waals surface area contributed by atoms with E-state index in [1.54, 1.807) is 11.0 Å². The molecule has 0 aliphatic heterocycles. The molecule has 0 radical (unpaired) electrons. The predicted octanol–water partition coefficient (Wildman–Crippen LogP) is 2.68. The second kappa shape index (κ2) is 8.58. The molecule has 2 aromatic rings. The molecule has 1 aromatic heterocycles. The minimum Gasteiger partial charge on any atom is -0.338 e. The average molecular weight is 341 g/mol. The molecule has 1 atom stereocenters. The first-order chi connectivity index (χ1) is 11.9. The molecule has 134 valence electrons. The number of carbonyl (C=O) groups excluding carboxylic acids is 1. The van der Waals surface area contributed by atoms with Gasteiger partial charge in [0.05, 0.1) is 12.2 Å². The summed E-state index contributed by atoms with van der Waals surface area (Å²) in [5.41, 5.74) is 3.11. The fourth-order valence-electron chi connectivity index (χ4n) is 2.65. The molecule has 6 nitrogen and oxygen atoms in total. The maximum Gasteiger partial charge on any atom is 0.237 e. The smallest absolute Gasteiger partial charge is 0.237 e. The minimum atomic E-state index is 0.124. The van der Waals surface area contributed by atoms with E-state index in [1.807, 2.05) is 37.9 Å². The molecule has 0 saturated heterocycles. The maximum atomic E-state index is 12.5. The lowest BCUT2D eigenvalue weighted by molar-refractivity contribution is -0.132. The van der Waals surface area contributed by atoms with E-state index in [0.29, 0.717) is 19.6 Å². The summed E-state index contributed by atoms with van der Waals surface area (Å²) in [6.45, 7) is 11.6. The van der Waals surface area contributed by atoms with Crippen molar-refractivity contribution in [3.8, 4) is 5.69 Å². The summed E-state index contributed by atoms with van der Waals surface area (Å²) in [4.78, 5) is 20.3. The first kappa shape index (κ1) is 18.9. The van der Waals surface area contributed by atoms with E-state index in [9.17, 15) is 4.79 Å². The Morgan fingerprint density at radius 3 is 2.48 bits per heavy atom. The van der Waals surface area contributed by atoms with Crippen LogP contribution in [-0.2, 0) is 4.79 Å². The highest BCUT2D eigenvalue weighted by Gasteiger charge is 2.18. The topological polar surface area (TPSA) is 54.3 Å². The van der Waals surface area contributed by atoms with E-state index < -0.39 is 0 Å². The fraction of sp³-hybridized carbons (Fsp3) is 0.421. The van der Waals surface area contributed by atoms with Crippen LogP contribution in [0.15, 0.2) is 49.1 Å². The number of benzene rings is 1. The summed E-state index contributed by atoms with van der Waals surface area (Å²) in [6, 6.07) is 8.28. The van der Waals surface area contributed by atoms with E-state index in [4.69, 9.17) is 0 Å². The van der Waals surface area contributed by atoms with Gasteiger partial charge in [0, 0.05) is 19.1 Å². The molecule has 0 saturated carbocycles. The standard InChI is InChI=1S/C19H27N5O/c1-6-23(11-15(2)3)19(25)12-22(5)16(4)17-7-9-18(10-8-17)24-14-20-13-21-24/h7-10,13-14,16H,2,6,11-12H2,1,3-5H3. The molecule has 0 spiro atoms. The molecule has 0 N–H and O–H groups in total. The molecule has 0 fully saturated rings. The number of hydrogen-bond acceptors (Lipinski definition) is 4. The Bertz CT molecular complexity index is 693. The molecule has 0 aliphatic rings.